The molecule has 1 N–H and O–H groups in total. The third-order valence-electron chi connectivity index (χ3n) is 6.01. The molecule has 4 rings (SSSR count). The van der Waals surface area contributed by atoms with Crippen LogP contribution >= 0.6 is 0 Å². The Balaban J connectivity index is 1.68. The molecule has 0 saturated heterocycles. The molecule has 1 heterocycles. The van der Waals surface area contributed by atoms with E-state index in [9.17, 15) is 9.59 Å². The molecule has 2 amide bonds. The number of anilines is 1. The Kier molecular flexibility index (Phi) is 6.31. The predicted octanol–water partition coefficient (Wildman–Crippen LogP) is 5.06. The molecule has 0 saturated carbocycles. The van der Waals surface area contributed by atoms with E-state index in [2.05, 4.69) is 5.32 Å². The largest absolute Gasteiger partial charge is 0.497 e. The zero-order valence-corrected chi connectivity index (χ0v) is 19.4. The van der Waals surface area contributed by atoms with Crippen LogP contribution < -0.4 is 10.1 Å². The molecule has 33 heavy (non-hydrogen) atoms. The molecule has 0 unspecified atom stereocenters. The smallest absolute Gasteiger partial charge is 0.278 e. The van der Waals surface area contributed by atoms with Gasteiger partial charge in [-0.2, -0.15) is 0 Å². The quantitative estimate of drug-likeness (QED) is 0.522. The summed E-state index contributed by atoms with van der Waals surface area (Å²) in [4.78, 5) is 28.4. The number of aryl methyl sites for hydroxylation is 3. The number of carbonyl (C=O) groups excluding carboxylic acids is 2. The summed E-state index contributed by atoms with van der Waals surface area (Å²) in [5.74, 6) is 0.207. The first kappa shape index (κ1) is 22.3. The molecular weight excluding hydrogens is 412 g/mol. The van der Waals surface area contributed by atoms with Crippen LogP contribution in [0.1, 0.15) is 27.8 Å². The number of amides is 2. The van der Waals surface area contributed by atoms with Crippen molar-refractivity contribution >= 4 is 23.1 Å². The van der Waals surface area contributed by atoms with Gasteiger partial charge in [-0.25, -0.2) is 0 Å². The van der Waals surface area contributed by atoms with Crippen molar-refractivity contribution in [3.8, 4) is 5.75 Å². The Morgan fingerprint density at radius 3 is 2.24 bits per heavy atom. The normalized spacial score (nSPS) is 13.6. The highest BCUT2D eigenvalue weighted by Gasteiger charge is 2.39. The van der Waals surface area contributed by atoms with Crippen molar-refractivity contribution in [2.45, 2.75) is 27.2 Å². The van der Waals surface area contributed by atoms with Gasteiger partial charge in [-0.1, -0.05) is 54.1 Å². The molecule has 0 spiro atoms. The first-order chi connectivity index (χ1) is 15.9. The lowest BCUT2D eigenvalue weighted by Crippen LogP contribution is -2.34. The average Bonchev–Trinajstić information content (AvgIpc) is 3.03. The first-order valence-electron chi connectivity index (χ1n) is 11.0. The van der Waals surface area contributed by atoms with E-state index >= 15 is 0 Å². The molecule has 5 nitrogen and oxygen atoms in total. The molecule has 1 aliphatic rings. The third kappa shape index (κ3) is 4.53. The zero-order valence-electron chi connectivity index (χ0n) is 19.4. The van der Waals surface area contributed by atoms with Gasteiger partial charge in [-0.3, -0.25) is 14.5 Å². The second kappa shape index (κ2) is 9.33. The van der Waals surface area contributed by atoms with Crippen LogP contribution in [0.5, 0.6) is 5.75 Å². The molecule has 3 aromatic carbocycles. The summed E-state index contributed by atoms with van der Waals surface area (Å²) in [6, 6.07) is 21.4. The summed E-state index contributed by atoms with van der Waals surface area (Å²) < 4.78 is 5.21. The molecule has 1 aliphatic heterocycles. The number of para-hydroxylation sites is 1. The number of rotatable bonds is 7. The van der Waals surface area contributed by atoms with Gasteiger partial charge in [0, 0.05) is 12.2 Å². The van der Waals surface area contributed by atoms with E-state index in [0.29, 0.717) is 24.2 Å². The summed E-state index contributed by atoms with van der Waals surface area (Å²) in [7, 11) is 1.62. The van der Waals surface area contributed by atoms with Gasteiger partial charge >= 0.3 is 0 Å². The van der Waals surface area contributed by atoms with Gasteiger partial charge in [-0.05, 0) is 67.6 Å². The fourth-order valence-electron chi connectivity index (χ4n) is 4.12. The van der Waals surface area contributed by atoms with Crippen molar-refractivity contribution in [2.24, 2.45) is 0 Å². The fourth-order valence-corrected chi connectivity index (χ4v) is 4.12. The van der Waals surface area contributed by atoms with Crippen LogP contribution in [0.15, 0.2) is 72.4 Å². The Labute approximate surface area is 194 Å². The maximum atomic E-state index is 13.5. The van der Waals surface area contributed by atoms with Crippen molar-refractivity contribution in [1.82, 2.24) is 4.90 Å². The lowest BCUT2D eigenvalue weighted by molar-refractivity contribution is -0.136. The number of nitrogens with zero attached hydrogens (tertiary/aromatic N) is 1. The summed E-state index contributed by atoms with van der Waals surface area (Å²) in [5.41, 5.74) is 6.46. The second-order valence-electron chi connectivity index (χ2n) is 8.37. The number of hydrogen-bond donors (Lipinski definition) is 1. The standard InChI is InChI=1S/C28H28N2O3/c1-18-9-14-23(20(3)17-18)25-26(29-24-8-6-5-7-19(24)2)28(32)30(27(25)31)16-15-21-10-12-22(33-4)13-11-21/h5-14,17,29H,15-16H2,1-4H3. The monoisotopic (exact) mass is 440 g/mol. The lowest BCUT2D eigenvalue weighted by Gasteiger charge is -2.16. The Hall–Kier alpha value is -3.86. The highest BCUT2D eigenvalue weighted by atomic mass is 16.5. The number of methoxy groups -OCH3 is 1. The van der Waals surface area contributed by atoms with Crippen LogP contribution in [0.2, 0.25) is 0 Å². The number of hydrogen-bond acceptors (Lipinski definition) is 4. The zero-order chi connectivity index (χ0) is 23.5. The minimum Gasteiger partial charge on any atom is -0.497 e. The molecular formula is C28H28N2O3. The molecule has 0 radical (unpaired) electrons. The van der Waals surface area contributed by atoms with E-state index < -0.39 is 0 Å². The molecule has 0 bridgehead atoms. The topological polar surface area (TPSA) is 58.6 Å². The van der Waals surface area contributed by atoms with Crippen molar-refractivity contribution in [1.29, 1.82) is 0 Å². The van der Waals surface area contributed by atoms with E-state index in [1.165, 1.54) is 4.90 Å². The molecule has 3 aromatic rings. The molecule has 0 fully saturated rings. The fraction of sp³-hybridized carbons (Fsp3) is 0.214. The maximum Gasteiger partial charge on any atom is 0.278 e. The third-order valence-corrected chi connectivity index (χ3v) is 6.01. The van der Waals surface area contributed by atoms with Crippen molar-refractivity contribution in [3.63, 3.8) is 0 Å². The van der Waals surface area contributed by atoms with Gasteiger partial charge in [0.15, 0.2) is 0 Å². The Morgan fingerprint density at radius 2 is 1.58 bits per heavy atom. The minimum atomic E-state index is -0.299. The van der Waals surface area contributed by atoms with Gasteiger partial charge < -0.3 is 10.1 Å². The maximum absolute atomic E-state index is 13.5. The molecule has 0 aliphatic carbocycles. The number of ether oxygens (including phenoxy) is 1. The van der Waals surface area contributed by atoms with Gasteiger partial charge in [0.25, 0.3) is 11.8 Å². The van der Waals surface area contributed by atoms with Crippen LogP contribution in [0.4, 0.5) is 5.69 Å². The number of carbonyl (C=O) groups is 2. The summed E-state index contributed by atoms with van der Waals surface area (Å²) in [6.07, 6.45) is 0.569. The lowest BCUT2D eigenvalue weighted by atomic mass is 9.97. The first-order valence-corrected chi connectivity index (χ1v) is 11.0. The summed E-state index contributed by atoms with van der Waals surface area (Å²) in [6.45, 7) is 6.26. The minimum absolute atomic E-state index is 0.267. The van der Waals surface area contributed by atoms with E-state index in [1.807, 2.05) is 87.5 Å². The SMILES string of the molecule is COc1ccc(CCN2C(=O)C(Nc3ccccc3C)=C(c3ccc(C)cc3C)C2=O)cc1. The van der Waals surface area contributed by atoms with Gasteiger partial charge in [-0.15, -0.1) is 0 Å². The average molecular weight is 441 g/mol. The summed E-state index contributed by atoms with van der Waals surface area (Å²) >= 11 is 0. The van der Waals surface area contributed by atoms with Crippen LogP contribution in [-0.4, -0.2) is 30.4 Å². The van der Waals surface area contributed by atoms with Crippen LogP contribution in [0.3, 0.4) is 0 Å². The summed E-state index contributed by atoms with van der Waals surface area (Å²) in [5, 5.41) is 3.27. The van der Waals surface area contributed by atoms with Crippen molar-refractivity contribution in [3.05, 3.63) is 100 Å². The Bertz CT molecular complexity index is 1240. The highest BCUT2D eigenvalue weighted by molar-refractivity contribution is 6.36. The van der Waals surface area contributed by atoms with Crippen LogP contribution in [0, 0.1) is 20.8 Å². The molecule has 168 valence electrons. The van der Waals surface area contributed by atoms with E-state index in [-0.39, 0.29) is 11.8 Å². The van der Waals surface area contributed by atoms with Crippen molar-refractivity contribution < 1.29 is 14.3 Å². The van der Waals surface area contributed by atoms with Gasteiger partial charge in [0.1, 0.15) is 11.4 Å². The number of benzene rings is 3. The van der Waals surface area contributed by atoms with Gasteiger partial charge in [0.2, 0.25) is 0 Å². The van der Waals surface area contributed by atoms with Crippen LogP contribution in [-0.2, 0) is 16.0 Å². The van der Waals surface area contributed by atoms with Gasteiger partial charge in [0.05, 0.1) is 12.7 Å². The number of nitrogens with one attached hydrogen (secondary N) is 1. The van der Waals surface area contributed by atoms with Crippen LogP contribution in [0.25, 0.3) is 5.57 Å². The second-order valence-corrected chi connectivity index (χ2v) is 8.37. The Morgan fingerprint density at radius 1 is 0.848 bits per heavy atom. The number of imide groups is 1. The highest BCUT2D eigenvalue weighted by Crippen LogP contribution is 2.33. The van der Waals surface area contributed by atoms with Crippen molar-refractivity contribution in [2.75, 3.05) is 19.0 Å². The molecule has 5 heteroatoms. The van der Waals surface area contributed by atoms with E-state index in [1.54, 1.807) is 7.11 Å². The molecule has 0 atom stereocenters. The van der Waals surface area contributed by atoms with E-state index in [4.69, 9.17) is 4.74 Å². The van der Waals surface area contributed by atoms with E-state index in [0.717, 1.165) is 39.3 Å². The predicted molar refractivity (Wildman–Crippen MR) is 131 cm³/mol. The molecule has 0 aromatic heterocycles.